The first-order valence-corrected chi connectivity index (χ1v) is 7.07. The van der Waals surface area contributed by atoms with Gasteiger partial charge in [-0.1, -0.05) is 41.9 Å². The number of halogens is 1. The van der Waals surface area contributed by atoms with Crippen molar-refractivity contribution in [1.82, 2.24) is 4.98 Å². The summed E-state index contributed by atoms with van der Waals surface area (Å²) >= 11 is 5.81. The van der Waals surface area contributed by atoms with Gasteiger partial charge in [0.15, 0.2) is 5.75 Å². The van der Waals surface area contributed by atoms with E-state index in [2.05, 4.69) is 10.3 Å². The number of hydrogen-bond donors (Lipinski definition) is 2. The van der Waals surface area contributed by atoms with Crippen molar-refractivity contribution in [1.29, 1.82) is 0 Å². The number of para-hydroxylation sites is 3. The van der Waals surface area contributed by atoms with Gasteiger partial charge in [0.1, 0.15) is 11.4 Å². The standard InChI is InChI=1S/C17H13ClN2O2/c18-12-10-15(19-11-12)17(21)20-14-8-4-5-9-16(14)22-13-6-2-1-3-7-13/h1-11,19H,(H,20,21). The topological polar surface area (TPSA) is 54.1 Å². The van der Waals surface area contributed by atoms with E-state index in [1.165, 1.54) is 0 Å². The van der Waals surface area contributed by atoms with Gasteiger partial charge in [0, 0.05) is 6.20 Å². The van der Waals surface area contributed by atoms with Crippen LogP contribution < -0.4 is 10.1 Å². The Kier molecular flexibility index (Phi) is 4.12. The summed E-state index contributed by atoms with van der Waals surface area (Å²) in [6.07, 6.45) is 1.56. The third-order valence-corrected chi connectivity index (χ3v) is 3.22. The van der Waals surface area contributed by atoms with Crippen molar-refractivity contribution in [3.8, 4) is 11.5 Å². The maximum atomic E-state index is 12.2. The molecule has 4 nitrogen and oxygen atoms in total. The van der Waals surface area contributed by atoms with E-state index in [9.17, 15) is 4.79 Å². The van der Waals surface area contributed by atoms with E-state index in [4.69, 9.17) is 16.3 Å². The second kappa shape index (κ2) is 6.37. The van der Waals surface area contributed by atoms with E-state index >= 15 is 0 Å². The van der Waals surface area contributed by atoms with Crippen molar-refractivity contribution in [3.63, 3.8) is 0 Å². The number of H-pyrrole nitrogens is 1. The number of rotatable bonds is 4. The van der Waals surface area contributed by atoms with Crippen LogP contribution >= 0.6 is 11.6 Å². The molecule has 0 bridgehead atoms. The van der Waals surface area contributed by atoms with Crippen LogP contribution in [0.25, 0.3) is 0 Å². The van der Waals surface area contributed by atoms with Gasteiger partial charge >= 0.3 is 0 Å². The highest BCUT2D eigenvalue weighted by molar-refractivity contribution is 6.31. The number of hydrogen-bond acceptors (Lipinski definition) is 2. The second-order valence-corrected chi connectivity index (χ2v) is 5.03. The molecule has 0 aliphatic rings. The molecule has 1 heterocycles. The van der Waals surface area contributed by atoms with E-state index in [1.807, 2.05) is 42.5 Å². The van der Waals surface area contributed by atoms with Gasteiger partial charge in [-0.3, -0.25) is 4.79 Å². The molecule has 0 saturated carbocycles. The van der Waals surface area contributed by atoms with Crippen LogP contribution in [0.5, 0.6) is 11.5 Å². The zero-order valence-electron chi connectivity index (χ0n) is 11.5. The fourth-order valence-corrected chi connectivity index (χ4v) is 2.13. The van der Waals surface area contributed by atoms with E-state index < -0.39 is 0 Å². The number of amides is 1. The molecule has 0 radical (unpaired) electrons. The fraction of sp³-hybridized carbons (Fsp3) is 0. The van der Waals surface area contributed by atoms with Gasteiger partial charge in [-0.05, 0) is 30.3 Å². The predicted octanol–water partition coefficient (Wildman–Crippen LogP) is 4.71. The van der Waals surface area contributed by atoms with Crippen LogP contribution in [-0.4, -0.2) is 10.9 Å². The number of carbonyl (C=O) groups excluding carboxylic acids is 1. The van der Waals surface area contributed by atoms with E-state index in [1.54, 1.807) is 24.4 Å². The number of anilines is 1. The quantitative estimate of drug-likeness (QED) is 0.733. The Labute approximate surface area is 132 Å². The summed E-state index contributed by atoms with van der Waals surface area (Å²) in [7, 11) is 0. The molecule has 0 fully saturated rings. The Hall–Kier alpha value is -2.72. The number of benzene rings is 2. The van der Waals surface area contributed by atoms with Crippen LogP contribution in [-0.2, 0) is 0 Å². The third-order valence-electron chi connectivity index (χ3n) is 3.00. The second-order valence-electron chi connectivity index (χ2n) is 4.60. The number of nitrogens with one attached hydrogen (secondary N) is 2. The Bertz CT molecular complexity index is 784. The summed E-state index contributed by atoms with van der Waals surface area (Å²) in [5.41, 5.74) is 0.974. The maximum absolute atomic E-state index is 12.2. The number of carbonyl (C=O) groups is 1. The van der Waals surface area contributed by atoms with Gasteiger partial charge in [0.25, 0.3) is 5.91 Å². The molecule has 2 aromatic carbocycles. The van der Waals surface area contributed by atoms with Crippen LogP contribution in [0.3, 0.4) is 0 Å². The molecule has 3 rings (SSSR count). The first-order valence-electron chi connectivity index (χ1n) is 6.69. The smallest absolute Gasteiger partial charge is 0.272 e. The fourth-order valence-electron chi connectivity index (χ4n) is 1.96. The van der Waals surface area contributed by atoms with Crippen molar-refractivity contribution < 1.29 is 9.53 Å². The molecule has 0 atom stereocenters. The van der Waals surface area contributed by atoms with Crippen LogP contribution in [0, 0.1) is 0 Å². The molecule has 0 aliphatic carbocycles. The van der Waals surface area contributed by atoms with Crippen LogP contribution in [0.2, 0.25) is 5.02 Å². The van der Waals surface area contributed by atoms with Crippen molar-refractivity contribution in [2.45, 2.75) is 0 Å². The first kappa shape index (κ1) is 14.2. The lowest BCUT2D eigenvalue weighted by atomic mass is 10.2. The SMILES string of the molecule is O=C(Nc1ccccc1Oc1ccccc1)c1cc(Cl)c[nH]1. The highest BCUT2D eigenvalue weighted by Gasteiger charge is 2.11. The lowest BCUT2D eigenvalue weighted by molar-refractivity contribution is 0.102. The first-order chi connectivity index (χ1) is 10.7. The van der Waals surface area contributed by atoms with Crippen LogP contribution in [0.1, 0.15) is 10.5 Å². The predicted molar refractivity (Wildman–Crippen MR) is 86.7 cm³/mol. The Balaban J connectivity index is 1.81. The maximum Gasteiger partial charge on any atom is 0.272 e. The zero-order valence-corrected chi connectivity index (χ0v) is 12.3. The largest absolute Gasteiger partial charge is 0.455 e. The molecule has 1 aromatic heterocycles. The minimum absolute atomic E-state index is 0.281. The molecular weight excluding hydrogens is 300 g/mol. The summed E-state index contributed by atoms with van der Waals surface area (Å²) in [5.74, 6) is 0.989. The molecular formula is C17H13ClN2O2. The van der Waals surface area contributed by atoms with Crippen molar-refractivity contribution in [2.24, 2.45) is 0 Å². The highest BCUT2D eigenvalue weighted by Crippen LogP contribution is 2.29. The molecule has 1 amide bonds. The lowest BCUT2D eigenvalue weighted by Gasteiger charge is -2.11. The van der Waals surface area contributed by atoms with Crippen LogP contribution in [0.4, 0.5) is 5.69 Å². The van der Waals surface area contributed by atoms with Crippen molar-refractivity contribution in [3.05, 3.63) is 77.6 Å². The Morgan fingerprint density at radius 1 is 1.05 bits per heavy atom. The highest BCUT2D eigenvalue weighted by atomic mass is 35.5. The summed E-state index contributed by atoms with van der Waals surface area (Å²) in [5, 5.41) is 3.29. The monoisotopic (exact) mass is 312 g/mol. The number of aromatic nitrogens is 1. The Morgan fingerprint density at radius 2 is 1.77 bits per heavy atom. The van der Waals surface area contributed by atoms with Gasteiger partial charge in [-0.25, -0.2) is 0 Å². The molecule has 2 N–H and O–H groups in total. The van der Waals surface area contributed by atoms with Gasteiger partial charge in [0.2, 0.25) is 0 Å². The molecule has 0 aliphatic heterocycles. The van der Waals surface area contributed by atoms with E-state index in [0.717, 1.165) is 0 Å². The normalized spacial score (nSPS) is 10.2. The summed E-state index contributed by atoms with van der Waals surface area (Å²) in [6.45, 7) is 0. The Morgan fingerprint density at radius 3 is 2.50 bits per heavy atom. The lowest BCUT2D eigenvalue weighted by Crippen LogP contribution is -2.12. The molecule has 0 saturated heterocycles. The third kappa shape index (κ3) is 3.30. The average Bonchev–Trinajstić information content (AvgIpc) is 2.97. The molecule has 3 aromatic rings. The minimum atomic E-state index is -0.281. The minimum Gasteiger partial charge on any atom is -0.455 e. The average molecular weight is 313 g/mol. The zero-order chi connectivity index (χ0) is 15.4. The van der Waals surface area contributed by atoms with Gasteiger partial charge in [-0.15, -0.1) is 0 Å². The molecule has 22 heavy (non-hydrogen) atoms. The number of aromatic amines is 1. The van der Waals surface area contributed by atoms with E-state index in [0.29, 0.717) is 27.9 Å². The summed E-state index contributed by atoms with van der Waals surface area (Å²) in [4.78, 5) is 15.0. The molecule has 0 spiro atoms. The van der Waals surface area contributed by atoms with Gasteiger partial charge in [0.05, 0.1) is 10.7 Å². The molecule has 110 valence electrons. The molecule has 0 unspecified atom stereocenters. The summed E-state index contributed by atoms with van der Waals surface area (Å²) < 4.78 is 5.80. The van der Waals surface area contributed by atoms with Crippen molar-refractivity contribution in [2.75, 3.05) is 5.32 Å². The number of ether oxygens (including phenoxy) is 1. The van der Waals surface area contributed by atoms with Gasteiger partial charge in [-0.2, -0.15) is 0 Å². The van der Waals surface area contributed by atoms with Crippen LogP contribution in [0.15, 0.2) is 66.9 Å². The van der Waals surface area contributed by atoms with Crippen molar-refractivity contribution >= 4 is 23.2 Å². The van der Waals surface area contributed by atoms with E-state index in [-0.39, 0.29) is 5.91 Å². The molecule has 5 heteroatoms. The summed E-state index contributed by atoms with van der Waals surface area (Å²) in [6, 6.07) is 18.2. The van der Waals surface area contributed by atoms with Gasteiger partial charge < -0.3 is 15.0 Å².